The van der Waals surface area contributed by atoms with E-state index in [4.69, 9.17) is 28.3 Å². The Morgan fingerprint density at radius 2 is 2.06 bits per heavy atom. The largest absolute Gasteiger partial charge is 0.480 e. The topological polar surface area (TPSA) is 66.4 Å². The van der Waals surface area contributed by atoms with Gasteiger partial charge in [-0.05, 0) is 17.7 Å². The summed E-state index contributed by atoms with van der Waals surface area (Å²) in [5, 5.41) is 12.8. The summed E-state index contributed by atoms with van der Waals surface area (Å²) in [4.78, 5) is 11.0. The van der Waals surface area contributed by atoms with Gasteiger partial charge in [-0.2, -0.15) is 0 Å². The number of benzene rings is 1. The molecule has 0 aromatic heterocycles. The maximum Gasteiger partial charge on any atom is 0.321 e. The third-order valence-corrected chi connectivity index (χ3v) is 4.90. The highest BCUT2D eigenvalue weighted by Gasteiger charge is 2.31. The van der Waals surface area contributed by atoms with E-state index in [2.05, 4.69) is 5.32 Å². The second kappa shape index (κ2) is 5.57. The van der Waals surface area contributed by atoms with Gasteiger partial charge in [-0.15, -0.1) is 0 Å². The first-order valence-electron chi connectivity index (χ1n) is 5.26. The van der Waals surface area contributed by atoms with Gasteiger partial charge < -0.3 is 5.11 Å². The fourth-order valence-electron chi connectivity index (χ4n) is 1.84. The van der Waals surface area contributed by atoms with Gasteiger partial charge in [-0.3, -0.25) is 14.3 Å². The molecule has 1 fully saturated rings. The van der Waals surface area contributed by atoms with Crippen LogP contribution in [-0.4, -0.2) is 32.8 Å². The summed E-state index contributed by atoms with van der Waals surface area (Å²) < 4.78 is 11.7. The van der Waals surface area contributed by atoms with E-state index in [0.717, 1.165) is 5.56 Å². The molecule has 7 heteroatoms. The van der Waals surface area contributed by atoms with Crippen molar-refractivity contribution in [3.8, 4) is 0 Å². The standard InChI is InChI=1S/C11H11Cl2NO3S/c12-7-2-1-6(3-8(7)13)9-4-18(17)5-10(14-9)11(15)16/h1-3,9-10,14H,4-5H2,(H,15,16). The van der Waals surface area contributed by atoms with Gasteiger partial charge in [0, 0.05) is 28.3 Å². The summed E-state index contributed by atoms with van der Waals surface area (Å²) >= 11 is 11.7. The maximum absolute atomic E-state index is 11.7. The lowest BCUT2D eigenvalue weighted by Gasteiger charge is -2.28. The third kappa shape index (κ3) is 3.03. The number of carboxylic acid groups (broad SMARTS) is 1. The zero-order valence-corrected chi connectivity index (χ0v) is 11.6. The van der Waals surface area contributed by atoms with Crippen LogP contribution in [0.3, 0.4) is 0 Å². The molecule has 1 saturated heterocycles. The summed E-state index contributed by atoms with van der Waals surface area (Å²) in [6.45, 7) is 0. The van der Waals surface area contributed by atoms with Crippen molar-refractivity contribution in [3.63, 3.8) is 0 Å². The fraction of sp³-hybridized carbons (Fsp3) is 0.364. The highest BCUT2D eigenvalue weighted by Crippen LogP contribution is 2.27. The minimum atomic E-state index is -1.15. The molecule has 18 heavy (non-hydrogen) atoms. The van der Waals surface area contributed by atoms with Crippen molar-refractivity contribution in [1.29, 1.82) is 0 Å². The Morgan fingerprint density at radius 1 is 1.33 bits per heavy atom. The molecule has 2 rings (SSSR count). The average molecular weight is 308 g/mol. The van der Waals surface area contributed by atoms with E-state index in [1.165, 1.54) is 0 Å². The highest BCUT2D eigenvalue weighted by atomic mass is 35.5. The molecular weight excluding hydrogens is 297 g/mol. The fourth-order valence-corrected chi connectivity index (χ4v) is 3.56. The predicted molar refractivity (Wildman–Crippen MR) is 71.6 cm³/mol. The Labute approximate surface area is 117 Å². The smallest absolute Gasteiger partial charge is 0.321 e. The summed E-state index contributed by atoms with van der Waals surface area (Å²) in [7, 11) is -1.15. The van der Waals surface area contributed by atoms with Gasteiger partial charge >= 0.3 is 5.97 Å². The molecule has 0 saturated carbocycles. The van der Waals surface area contributed by atoms with Crippen LogP contribution in [0.2, 0.25) is 10.0 Å². The van der Waals surface area contributed by atoms with Crippen LogP contribution in [0.1, 0.15) is 11.6 Å². The lowest BCUT2D eigenvalue weighted by atomic mass is 10.1. The number of carbonyl (C=O) groups is 1. The zero-order chi connectivity index (χ0) is 13.3. The molecule has 1 aromatic rings. The lowest BCUT2D eigenvalue weighted by molar-refractivity contribution is -0.139. The quantitative estimate of drug-likeness (QED) is 0.875. The lowest BCUT2D eigenvalue weighted by Crippen LogP contribution is -2.49. The number of rotatable bonds is 2. The Morgan fingerprint density at radius 3 is 2.67 bits per heavy atom. The van der Waals surface area contributed by atoms with Crippen LogP contribution in [0.15, 0.2) is 18.2 Å². The summed E-state index contributed by atoms with van der Waals surface area (Å²) in [5.74, 6) is -0.484. The van der Waals surface area contributed by atoms with Crippen LogP contribution in [0.4, 0.5) is 0 Å². The molecule has 98 valence electrons. The SMILES string of the molecule is O=C(O)C1CS(=O)CC(c2ccc(Cl)c(Cl)c2)N1. The summed E-state index contributed by atoms with van der Waals surface area (Å²) in [6, 6.07) is 4.00. The van der Waals surface area contributed by atoms with Crippen molar-refractivity contribution in [2.45, 2.75) is 12.1 Å². The maximum atomic E-state index is 11.7. The summed E-state index contributed by atoms with van der Waals surface area (Å²) in [5.41, 5.74) is 0.795. The Hall–Kier alpha value is -0.620. The van der Waals surface area contributed by atoms with Gasteiger partial charge in [0.05, 0.1) is 10.0 Å². The number of aliphatic carboxylic acids is 1. The van der Waals surface area contributed by atoms with Crippen LogP contribution >= 0.6 is 23.2 Å². The number of halogens is 2. The van der Waals surface area contributed by atoms with Gasteiger partial charge in [-0.25, -0.2) is 0 Å². The van der Waals surface area contributed by atoms with Gasteiger partial charge in [0.2, 0.25) is 0 Å². The molecule has 1 aliphatic heterocycles. The number of hydrogen-bond acceptors (Lipinski definition) is 3. The second-order valence-corrected chi connectivity index (χ2v) is 6.42. The van der Waals surface area contributed by atoms with E-state index in [9.17, 15) is 9.00 Å². The molecule has 2 N–H and O–H groups in total. The van der Waals surface area contributed by atoms with E-state index < -0.39 is 22.8 Å². The minimum Gasteiger partial charge on any atom is -0.480 e. The van der Waals surface area contributed by atoms with Crippen LogP contribution in [0, 0.1) is 0 Å². The van der Waals surface area contributed by atoms with Crippen molar-refractivity contribution >= 4 is 40.0 Å². The van der Waals surface area contributed by atoms with Gasteiger partial charge in [0.15, 0.2) is 0 Å². The first-order valence-corrected chi connectivity index (χ1v) is 7.50. The average Bonchev–Trinajstić information content (AvgIpc) is 2.31. The Kier molecular flexibility index (Phi) is 4.27. The molecular formula is C11H11Cl2NO3S. The Bertz CT molecular complexity index is 509. The minimum absolute atomic E-state index is 0.132. The van der Waals surface area contributed by atoms with Crippen molar-refractivity contribution in [2.75, 3.05) is 11.5 Å². The third-order valence-electron chi connectivity index (χ3n) is 2.75. The normalized spacial score (nSPS) is 28.0. The van der Waals surface area contributed by atoms with Crippen molar-refractivity contribution in [1.82, 2.24) is 5.32 Å². The van der Waals surface area contributed by atoms with Gasteiger partial charge in [0.25, 0.3) is 0 Å². The van der Waals surface area contributed by atoms with E-state index in [1.54, 1.807) is 18.2 Å². The number of nitrogens with one attached hydrogen (secondary N) is 1. The van der Waals surface area contributed by atoms with Crippen molar-refractivity contribution in [2.24, 2.45) is 0 Å². The number of carboxylic acids is 1. The van der Waals surface area contributed by atoms with Crippen LogP contribution in [-0.2, 0) is 15.6 Å². The first-order chi connectivity index (χ1) is 8.47. The molecule has 0 amide bonds. The number of hydrogen-bond donors (Lipinski definition) is 2. The van der Waals surface area contributed by atoms with E-state index >= 15 is 0 Å². The van der Waals surface area contributed by atoms with Crippen LogP contribution < -0.4 is 5.32 Å². The molecule has 3 unspecified atom stereocenters. The van der Waals surface area contributed by atoms with E-state index in [0.29, 0.717) is 15.8 Å². The predicted octanol–water partition coefficient (Wildman–Crippen LogP) is 1.84. The molecule has 1 aliphatic rings. The van der Waals surface area contributed by atoms with Crippen molar-refractivity contribution < 1.29 is 14.1 Å². The van der Waals surface area contributed by atoms with Gasteiger partial charge in [-0.1, -0.05) is 29.3 Å². The second-order valence-electron chi connectivity index (χ2n) is 4.06. The molecule has 3 atom stereocenters. The zero-order valence-electron chi connectivity index (χ0n) is 9.23. The molecule has 0 radical (unpaired) electrons. The molecule has 0 bridgehead atoms. The van der Waals surface area contributed by atoms with Gasteiger partial charge in [0.1, 0.15) is 6.04 Å². The summed E-state index contributed by atoms with van der Waals surface area (Å²) in [6.07, 6.45) is 0. The van der Waals surface area contributed by atoms with Crippen molar-refractivity contribution in [3.05, 3.63) is 33.8 Å². The van der Waals surface area contributed by atoms with Crippen LogP contribution in [0.5, 0.6) is 0 Å². The molecule has 1 aromatic carbocycles. The molecule has 0 aliphatic carbocycles. The molecule has 0 spiro atoms. The van der Waals surface area contributed by atoms with Crippen LogP contribution in [0.25, 0.3) is 0 Å². The molecule has 4 nitrogen and oxygen atoms in total. The van der Waals surface area contributed by atoms with E-state index in [-0.39, 0.29) is 11.8 Å². The monoisotopic (exact) mass is 307 g/mol. The first kappa shape index (κ1) is 13.8. The Balaban J connectivity index is 2.23. The molecule has 1 heterocycles. The highest BCUT2D eigenvalue weighted by molar-refractivity contribution is 7.85. The van der Waals surface area contributed by atoms with E-state index in [1.807, 2.05) is 0 Å².